The molecule has 6 aromatic rings. The molecule has 14 heteroatoms. The van der Waals surface area contributed by atoms with Gasteiger partial charge in [-0.1, -0.05) is 121 Å². The van der Waals surface area contributed by atoms with Crippen LogP contribution in [-0.4, -0.2) is 81.0 Å². The fourth-order valence-electron chi connectivity index (χ4n) is 8.23. The highest BCUT2D eigenvalue weighted by atomic mass is 16.5. The molecule has 62 heavy (non-hydrogen) atoms. The summed E-state index contributed by atoms with van der Waals surface area (Å²) in [6, 6.07) is 32.4. The molecule has 14 nitrogen and oxygen atoms in total. The summed E-state index contributed by atoms with van der Waals surface area (Å²) in [5, 5.41) is 5.42. The smallest absolute Gasteiger partial charge is 0.407 e. The minimum absolute atomic E-state index is 0.213. The lowest BCUT2D eigenvalue weighted by molar-refractivity contribution is -0.135. The first-order chi connectivity index (χ1) is 30.3. The maximum absolute atomic E-state index is 13.9. The van der Waals surface area contributed by atoms with Crippen LogP contribution in [0.15, 0.2) is 122 Å². The third kappa shape index (κ3) is 9.14. The van der Waals surface area contributed by atoms with Crippen LogP contribution in [-0.2, 0) is 19.1 Å². The number of imidazole rings is 2. The van der Waals surface area contributed by atoms with Gasteiger partial charge in [-0.15, -0.1) is 0 Å². The van der Waals surface area contributed by atoms with Gasteiger partial charge in [0.25, 0.3) is 11.8 Å². The third-order valence-corrected chi connectivity index (χ3v) is 11.5. The van der Waals surface area contributed by atoms with E-state index in [2.05, 4.69) is 42.7 Å². The number of hydrogen-bond donors (Lipinski definition) is 4. The predicted molar refractivity (Wildman–Crippen MR) is 234 cm³/mol. The second-order valence-corrected chi connectivity index (χ2v) is 15.3. The molecule has 0 aliphatic carbocycles. The number of nitrogens with one attached hydrogen (secondary N) is 4. The van der Waals surface area contributed by atoms with Gasteiger partial charge in [0.15, 0.2) is 0 Å². The fourth-order valence-corrected chi connectivity index (χ4v) is 8.23. The Bertz CT molecular complexity index is 2340. The van der Waals surface area contributed by atoms with Gasteiger partial charge in [-0.3, -0.25) is 9.59 Å². The molecule has 0 saturated carbocycles. The second kappa shape index (κ2) is 18.8. The molecule has 4 N–H and O–H groups in total. The topological polar surface area (TPSA) is 175 Å². The van der Waals surface area contributed by atoms with Crippen LogP contribution < -0.4 is 10.6 Å². The maximum Gasteiger partial charge on any atom is 0.407 e. The van der Waals surface area contributed by atoms with E-state index in [1.807, 2.05) is 109 Å². The molecule has 0 radical (unpaired) electrons. The van der Waals surface area contributed by atoms with Gasteiger partial charge in [0, 0.05) is 13.1 Å². The third-order valence-electron chi connectivity index (χ3n) is 11.5. The van der Waals surface area contributed by atoms with Crippen molar-refractivity contribution in [1.29, 1.82) is 0 Å². The van der Waals surface area contributed by atoms with Crippen molar-refractivity contribution in [3.63, 3.8) is 0 Å². The number of hydrogen-bond acceptors (Lipinski definition) is 8. The van der Waals surface area contributed by atoms with Crippen LogP contribution in [0.4, 0.5) is 9.59 Å². The number of rotatable bonds is 12. The molecule has 2 aliphatic rings. The van der Waals surface area contributed by atoms with E-state index >= 15 is 0 Å². The van der Waals surface area contributed by atoms with Crippen molar-refractivity contribution in [1.82, 2.24) is 40.4 Å². The average molecular weight is 833 g/mol. The van der Waals surface area contributed by atoms with Crippen LogP contribution in [0.3, 0.4) is 0 Å². The zero-order chi connectivity index (χ0) is 43.0. The molecule has 2 aliphatic heterocycles. The lowest BCUT2D eigenvalue weighted by Crippen LogP contribution is -2.42. The molecule has 8 rings (SSSR count). The van der Waals surface area contributed by atoms with E-state index in [1.165, 1.54) is 14.2 Å². The molecule has 4 atom stereocenters. The van der Waals surface area contributed by atoms with E-state index in [-0.39, 0.29) is 23.9 Å². The second-order valence-electron chi connectivity index (χ2n) is 15.3. The van der Waals surface area contributed by atoms with Gasteiger partial charge in [0.1, 0.15) is 23.7 Å². The standard InChI is InChI=1S/C48H48N8O6/c1-61-47(59)53-41(35-11-5-3-6-12-35)45(57)55-27-9-15-39(55)43-49-29-37(51-43)33-23-19-31(20-24-33)17-18-32-21-25-34(26-22-32)38-30-50-44(52-38)40-16-10-28-56(40)46(58)42(54-48(60)62-2)36-13-7-4-8-14-36/h3-8,11-14,17-26,29-30,39-42H,9-10,15-16,27-28H2,1-2H3,(H,49,51)(H,50,52)(H,53,59)(H,54,60)/b18-17+/t39-,40-,41+,42+/m0/s1. The van der Waals surface area contributed by atoms with Gasteiger partial charge in [-0.25, -0.2) is 19.6 Å². The number of alkyl carbamates (subject to hydrolysis) is 2. The Kier molecular flexibility index (Phi) is 12.5. The lowest BCUT2D eigenvalue weighted by Gasteiger charge is -2.28. The SMILES string of the molecule is COC(=O)N[C@@H](C(=O)N1CCC[C@H]1c1ncc(-c2ccc(/C=C/c3ccc(-c4cnc([C@@H]5CCCN5C(=O)[C@H](NC(=O)OC)c5ccccc5)[nH]4)cc3)cc2)[nH]1)c1ccccc1. The van der Waals surface area contributed by atoms with E-state index in [9.17, 15) is 19.2 Å². The van der Waals surface area contributed by atoms with Crippen LogP contribution in [0.5, 0.6) is 0 Å². The summed E-state index contributed by atoms with van der Waals surface area (Å²) in [5.74, 6) is 0.976. The summed E-state index contributed by atoms with van der Waals surface area (Å²) >= 11 is 0. The fraction of sp³-hybridized carbons (Fsp3) is 0.250. The van der Waals surface area contributed by atoms with Crippen molar-refractivity contribution in [3.8, 4) is 22.5 Å². The van der Waals surface area contributed by atoms with E-state index in [4.69, 9.17) is 9.47 Å². The van der Waals surface area contributed by atoms with Gasteiger partial charge in [0.05, 0.1) is 50.1 Å². The summed E-state index contributed by atoms with van der Waals surface area (Å²) < 4.78 is 9.65. The Morgan fingerprint density at radius 3 is 1.35 bits per heavy atom. The summed E-state index contributed by atoms with van der Waals surface area (Å²) in [7, 11) is 2.56. The number of benzene rings is 4. The van der Waals surface area contributed by atoms with Crippen LogP contribution >= 0.6 is 0 Å². The first kappa shape index (κ1) is 41.3. The highest BCUT2D eigenvalue weighted by molar-refractivity contribution is 5.88. The number of ether oxygens (including phenoxy) is 2. The van der Waals surface area contributed by atoms with Gasteiger partial charge < -0.3 is 39.9 Å². The van der Waals surface area contributed by atoms with E-state index in [0.29, 0.717) is 35.9 Å². The van der Waals surface area contributed by atoms with Gasteiger partial charge in [-0.2, -0.15) is 0 Å². The number of H-pyrrole nitrogens is 2. The van der Waals surface area contributed by atoms with E-state index in [1.54, 1.807) is 22.2 Å². The summed E-state index contributed by atoms with van der Waals surface area (Å²) in [6.07, 6.45) is 9.50. The van der Waals surface area contributed by atoms with Crippen LogP contribution in [0.25, 0.3) is 34.7 Å². The average Bonchev–Trinajstić information content (AvgIpc) is 4.17. The Morgan fingerprint density at radius 2 is 0.984 bits per heavy atom. The highest BCUT2D eigenvalue weighted by Crippen LogP contribution is 2.36. The largest absolute Gasteiger partial charge is 0.453 e. The summed E-state index contributed by atoms with van der Waals surface area (Å²) in [5.41, 5.74) is 7.04. The van der Waals surface area contributed by atoms with E-state index < -0.39 is 24.3 Å². The van der Waals surface area contributed by atoms with Crippen LogP contribution in [0, 0.1) is 0 Å². The molecule has 2 aromatic heterocycles. The molecule has 2 fully saturated rings. The minimum Gasteiger partial charge on any atom is -0.453 e. The first-order valence-corrected chi connectivity index (χ1v) is 20.7. The molecule has 2 saturated heterocycles. The number of aromatic nitrogens is 4. The number of carbonyl (C=O) groups excluding carboxylic acids is 4. The quantitative estimate of drug-likeness (QED) is 0.0894. The predicted octanol–water partition coefficient (Wildman–Crippen LogP) is 8.16. The monoisotopic (exact) mass is 832 g/mol. The lowest BCUT2D eigenvalue weighted by atomic mass is 10.0. The van der Waals surface area contributed by atoms with Gasteiger partial charge in [-0.05, 0) is 59.1 Å². The summed E-state index contributed by atoms with van der Waals surface area (Å²) in [4.78, 5) is 72.0. The number of amides is 4. The first-order valence-electron chi connectivity index (χ1n) is 20.7. The Labute approximate surface area is 359 Å². The number of carbonyl (C=O) groups is 4. The van der Waals surface area contributed by atoms with Gasteiger partial charge in [0.2, 0.25) is 0 Å². The molecular weight excluding hydrogens is 785 g/mol. The van der Waals surface area contributed by atoms with Crippen molar-refractivity contribution in [2.24, 2.45) is 0 Å². The van der Waals surface area contributed by atoms with Crippen molar-refractivity contribution in [2.45, 2.75) is 49.9 Å². The molecule has 316 valence electrons. The molecule has 0 spiro atoms. The maximum atomic E-state index is 13.9. The Morgan fingerprint density at radius 1 is 0.597 bits per heavy atom. The minimum atomic E-state index is -0.880. The zero-order valence-corrected chi connectivity index (χ0v) is 34.5. The number of nitrogens with zero attached hydrogens (tertiary/aromatic N) is 4. The van der Waals surface area contributed by atoms with Crippen LogP contribution in [0.2, 0.25) is 0 Å². The molecule has 4 aromatic carbocycles. The van der Waals surface area contributed by atoms with E-state index in [0.717, 1.165) is 59.3 Å². The molecule has 4 amide bonds. The zero-order valence-electron chi connectivity index (χ0n) is 34.5. The van der Waals surface area contributed by atoms with Crippen molar-refractivity contribution in [2.75, 3.05) is 27.3 Å². The molecular formula is C48H48N8O6. The Hall–Kier alpha value is -7.48. The molecule has 0 bridgehead atoms. The normalized spacial score (nSPS) is 17.1. The van der Waals surface area contributed by atoms with Crippen molar-refractivity contribution >= 4 is 36.2 Å². The van der Waals surface area contributed by atoms with Gasteiger partial charge >= 0.3 is 12.2 Å². The summed E-state index contributed by atoms with van der Waals surface area (Å²) in [6.45, 7) is 1.11. The highest BCUT2D eigenvalue weighted by Gasteiger charge is 2.38. The number of methoxy groups -OCH3 is 2. The number of likely N-dealkylation sites (tertiary alicyclic amines) is 2. The molecule has 0 unspecified atom stereocenters. The Balaban J connectivity index is 0.893. The molecule has 4 heterocycles. The number of aromatic amines is 2. The van der Waals surface area contributed by atoms with Crippen molar-refractivity contribution in [3.05, 3.63) is 155 Å². The van der Waals surface area contributed by atoms with Crippen LogP contribution in [0.1, 0.15) is 83.8 Å². The van der Waals surface area contributed by atoms with Crippen molar-refractivity contribution < 1.29 is 28.7 Å².